The lowest BCUT2D eigenvalue weighted by Crippen LogP contribution is -2.22. The molecule has 1 amide bonds. The molecule has 0 unspecified atom stereocenters. The summed E-state index contributed by atoms with van der Waals surface area (Å²) in [7, 11) is 0. The first-order valence-corrected chi connectivity index (χ1v) is 7.50. The molecule has 2 aromatic carbocycles. The minimum Gasteiger partial charge on any atom is -0.390 e. The molecule has 0 fully saturated rings. The van der Waals surface area contributed by atoms with Crippen LogP contribution in [0.25, 0.3) is 0 Å². The molecule has 0 aliphatic heterocycles. The van der Waals surface area contributed by atoms with Crippen LogP contribution in [0, 0.1) is 0 Å². The molecular formula is C18H18ClN3O. The number of nitrogens with zero attached hydrogens (tertiary/aromatic N) is 1. The summed E-state index contributed by atoms with van der Waals surface area (Å²) >= 11 is 5.81. The number of hydrogen-bond acceptors (Lipinski definition) is 2. The van der Waals surface area contributed by atoms with Gasteiger partial charge in [-0.2, -0.15) is 0 Å². The Balaban J connectivity index is 1.89. The molecule has 2 rings (SSSR count). The number of hydrogen-bond donors (Lipinski definition) is 2. The van der Waals surface area contributed by atoms with E-state index in [4.69, 9.17) is 17.3 Å². The van der Waals surface area contributed by atoms with E-state index in [2.05, 4.69) is 16.9 Å². The number of aliphatic imine (C=N–C) groups is 1. The second-order valence-corrected chi connectivity index (χ2v) is 5.46. The molecule has 0 saturated carbocycles. The van der Waals surface area contributed by atoms with Crippen molar-refractivity contribution < 1.29 is 4.79 Å². The van der Waals surface area contributed by atoms with Gasteiger partial charge in [0.05, 0.1) is 6.34 Å². The minimum atomic E-state index is -0.128. The van der Waals surface area contributed by atoms with Crippen molar-refractivity contribution in [3.8, 4) is 0 Å². The summed E-state index contributed by atoms with van der Waals surface area (Å²) in [5.41, 5.74) is 8.63. The van der Waals surface area contributed by atoms with Gasteiger partial charge >= 0.3 is 0 Å². The fraction of sp³-hybridized carbons (Fsp3) is 0.111. The van der Waals surface area contributed by atoms with E-state index >= 15 is 0 Å². The lowest BCUT2D eigenvalue weighted by atomic mass is 10.1. The highest BCUT2D eigenvalue weighted by Gasteiger charge is 2.05. The van der Waals surface area contributed by atoms with Gasteiger partial charge < -0.3 is 11.1 Å². The third kappa shape index (κ3) is 5.27. The number of nitrogens with two attached hydrogens (primary N) is 1. The molecule has 0 saturated heterocycles. The third-order valence-corrected chi connectivity index (χ3v) is 3.50. The highest BCUT2D eigenvalue weighted by molar-refractivity contribution is 6.30. The predicted molar refractivity (Wildman–Crippen MR) is 94.6 cm³/mol. The van der Waals surface area contributed by atoms with Crippen molar-refractivity contribution in [3.05, 3.63) is 82.5 Å². The molecule has 0 atom stereocenters. The number of rotatable bonds is 6. The van der Waals surface area contributed by atoms with Crippen molar-refractivity contribution in [3.63, 3.8) is 0 Å². The maximum Gasteiger partial charge on any atom is 0.251 e. The van der Waals surface area contributed by atoms with Crippen LogP contribution in [-0.2, 0) is 13.0 Å². The highest BCUT2D eigenvalue weighted by atomic mass is 35.5. The van der Waals surface area contributed by atoms with Gasteiger partial charge in [0.25, 0.3) is 5.91 Å². The monoisotopic (exact) mass is 327 g/mol. The average molecular weight is 328 g/mol. The molecule has 2 aromatic rings. The zero-order chi connectivity index (χ0) is 16.7. The van der Waals surface area contributed by atoms with E-state index in [9.17, 15) is 4.79 Å². The Bertz CT molecular complexity index is 706. The molecule has 0 heterocycles. The van der Waals surface area contributed by atoms with Gasteiger partial charge in [0.2, 0.25) is 0 Å². The SMILES string of the molecule is C=C(Cc1ccc(CNC(=O)c2ccc(Cl)cc2)cc1)N=CN. The lowest BCUT2D eigenvalue weighted by Gasteiger charge is -2.07. The van der Waals surface area contributed by atoms with Crippen LogP contribution in [0.15, 0.2) is 65.8 Å². The first kappa shape index (κ1) is 16.8. The van der Waals surface area contributed by atoms with Crippen LogP contribution in [0.1, 0.15) is 21.5 Å². The lowest BCUT2D eigenvalue weighted by molar-refractivity contribution is 0.0951. The molecule has 0 aliphatic rings. The van der Waals surface area contributed by atoms with Crippen LogP contribution in [-0.4, -0.2) is 12.2 Å². The number of benzene rings is 2. The van der Waals surface area contributed by atoms with Crippen LogP contribution in [0.5, 0.6) is 0 Å². The molecule has 23 heavy (non-hydrogen) atoms. The molecule has 118 valence electrons. The van der Waals surface area contributed by atoms with Gasteiger partial charge in [-0.05, 0) is 35.4 Å². The Labute approximate surface area is 140 Å². The largest absolute Gasteiger partial charge is 0.390 e. The number of nitrogens with one attached hydrogen (secondary N) is 1. The minimum absolute atomic E-state index is 0.128. The molecule has 4 nitrogen and oxygen atoms in total. The van der Waals surface area contributed by atoms with Crippen molar-refractivity contribution in [2.75, 3.05) is 0 Å². The van der Waals surface area contributed by atoms with Crippen LogP contribution in [0.4, 0.5) is 0 Å². The topological polar surface area (TPSA) is 67.5 Å². The highest BCUT2D eigenvalue weighted by Crippen LogP contribution is 2.11. The fourth-order valence-electron chi connectivity index (χ4n) is 2.05. The Hall–Kier alpha value is -2.59. The predicted octanol–water partition coefficient (Wildman–Crippen LogP) is 3.31. The quantitative estimate of drug-likeness (QED) is 0.631. The summed E-state index contributed by atoms with van der Waals surface area (Å²) in [5, 5.41) is 3.48. The van der Waals surface area contributed by atoms with Crippen molar-refractivity contribution in [2.24, 2.45) is 10.7 Å². The molecule has 5 heteroatoms. The van der Waals surface area contributed by atoms with Crippen LogP contribution in [0.2, 0.25) is 5.02 Å². The molecule has 0 spiro atoms. The van der Waals surface area contributed by atoms with Gasteiger partial charge in [0.15, 0.2) is 0 Å². The molecule has 0 bridgehead atoms. The first-order valence-electron chi connectivity index (χ1n) is 7.12. The summed E-state index contributed by atoms with van der Waals surface area (Å²) in [6, 6.07) is 14.7. The Morgan fingerprint density at radius 1 is 1.13 bits per heavy atom. The van der Waals surface area contributed by atoms with E-state index in [1.165, 1.54) is 6.34 Å². The number of carbonyl (C=O) groups is 1. The van der Waals surface area contributed by atoms with Crippen molar-refractivity contribution in [2.45, 2.75) is 13.0 Å². The smallest absolute Gasteiger partial charge is 0.251 e. The van der Waals surface area contributed by atoms with Crippen molar-refractivity contribution >= 4 is 23.8 Å². The van der Waals surface area contributed by atoms with Crippen molar-refractivity contribution in [1.29, 1.82) is 0 Å². The molecule has 0 aliphatic carbocycles. The van der Waals surface area contributed by atoms with E-state index in [-0.39, 0.29) is 5.91 Å². The Kier molecular flexibility index (Phi) is 5.94. The van der Waals surface area contributed by atoms with Gasteiger partial charge in [-0.3, -0.25) is 4.79 Å². The van der Waals surface area contributed by atoms with E-state index < -0.39 is 0 Å². The molecule has 3 N–H and O–H groups in total. The number of amides is 1. The average Bonchev–Trinajstić information content (AvgIpc) is 2.55. The second kappa shape index (κ2) is 8.15. The fourth-order valence-corrected chi connectivity index (χ4v) is 2.17. The van der Waals surface area contributed by atoms with E-state index in [0.717, 1.165) is 11.1 Å². The van der Waals surface area contributed by atoms with Gasteiger partial charge in [-0.1, -0.05) is 42.4 Å². The van der Waals surface area contributed by atoms with E-state index in [1.807, 2.05) is 24.3 Å². The maximum atomic E-state index is 12.0. The number of carbonyl (C=O) groups excluding carboxylic acids is 1. The summed E-state index contributed by atoms with van der Waals surface area (Å²) in [6.07, 6.45) is 1.88. The standard InChI is InChI=1S/C18H18ClN3O/c1-13(22-12-20)10-14-2-4-15(5-3-14)11-21-18(23)16-6-8-17(19)9-7-16/h2-9,12H,1,10-11H2,(H2,20,22)(H,21,23). The Morgan fingerprint density at radius 3 is 2.35 bits per heavy atom. The molecular weight excluding hydrogens is 310 g/mol. The number of halogens is 1. The maximum absolute atomic E-state index is 12.0. The van der Waals surface area contributed by atoms with Crippen LogP contribution in [0.3, 0.4) is 0 Å². The normalized spacial score (nSPS) is 10.7. The van der Waals surface area contributed by atoms with E-state index in [1.54, 1.807) is 24.3 Å². The van der Waals surface area contributed by atoms with Crippen LogP contribution >= 0.6 is 11.6 Å². The molecule has 0 aromatic heterocycles. The van der Waals surface area contributed by atoms with Gasteiger partial charge in [-0.15, -0.1) is 0 Å². The first-order chi connectivity index (χ1) is 11.1. The zero-order valence-corrected chi connectivity index (χ0v) is 13.4. The van der Waals surface area contributed by atoms with Gasteiger partial charge in [0, 0.05) is 29.2 Å². The second-order valence-electron chi connectivity index (χ2n) is 5.03. The van der Waals surface area contributed by atoms with Gasteiger partial charge in [0.1, 0.15) is 0 Å². The van der Waals surface area contributed by atoms with E-state index in [0.29, 0.717) is 29.2 Å². The summed E-state index contributed by atoms with van der Waals surface area (Å²) in [4.78, 5) is 16.0. The van der Waals surface area contributed by atoms with Gasteiger partial charge in [-0.25, -0.2) is 4.99 Å². The zero-order valence-electron chi connectivity index (χ0n) is 12.6. The summed E-state index contributed by atoms with van der Waals surface area (Å²) in [5.74, 6) is -0.128. The third-order valence-electron chi connectivity index (χ3n) is 3.25. The number of allylic oxidation sites excluding steroid dienone is 1. The van der Waals surface area contributed by atoms with Crippen LogP contribution < -0.4 is 11.1 Å². The van der Waals surface area contributed by atoms with Crippen molar-refractivity contribution in [1.82, 2.24) is 5.32 Å². The Morgan fingerprint density at radius 2 is 1.74 bits per heavy atom. The molecule has 0 radical (unpaired) electrons. The summed E-state index contributed by atoms with van der Waals surface area (Å²) in [6.45, 7) is 4.28. The summed E-state index contributed by atoms with van der Waals surface area (Å²) < 4.78 is 0.